The second-order valence-electron chi connectivity index (χ2n) is 11.8. The lowest BCUT2D eigenvalue weighted by Gasteiger charge is -2.43. The van der Waals surface area contributed by atoms with Crippen LogP contribution in [0.15, 0.2) is 63.7 Å². The van der Waals surface area contributed by atoms with Gasteiger partial charge in [0, 0.05) is 10.0 Å². The SMILES string of the molecule is CCCC1=C2[C@@H](CC/C(=C/c3cc(Br)ccc3O)CCC)OB(O)C[C@@H]2[C@@H]2C(=O)N(c3cccc(B(O)O)c3)C(=O)[C@@H]2C1. The summed E-state index contributed by atoms with van der Waals surface area (Å²) in [6.07, 6.45) is 7.08. The molecule has 2 aliphatic heterocycles. The highest BCUT2D eigenvalue weighted by atomic mass is 79.9. The Morgan fingerprint density at radius 3 is 2.60 bits per heavy atom. The molecule has 43 heavy (non-hydrogen) atoms. The maximum atomic E-state index is 14.0. The van der Waals surface area contributed by atoms with Gasteiger partial charge in [-0.3, -0.25) is 14.5 Å². The van der Waals surface area contributed by atoms with E-state index in [9.17, 15) is 29.8 Å². The first-order chi connectivity index (χ1) is 20.6. The first-order valence-corrected chi connectivity index (χ1v) is 16.0. The van der Waals surface area contributed by atoms with E-state index in [0.29, 0.717) is 24.9 Å². The molecule has 4 atom stereocenters. The highest BCUT2D eigenvalue weighted by Crippen LogP contribution is 2.52. The van der Waals surface area contributed by atoms with Crippen LogP contribution in [-0.2, 0) is 14.2 Å². The summed E-state index contributed by atoms with van der Waals surface area (Å²) in [6.45, 7) is 4.20. The van der Waals surface area contributed by atoms with Crippen LogP contribution < -0.4 is 10.4 Å². The van der Waals surface area contributed by atoms with Gasteiger partial charge in [0.05, 0.1) is 23.6 Å². The van der Waals surface area contributed by atoms with Gasteiger partial charge in [0.25, 0.3) is 0 Å². The van der Waals surface area contributed by atoms with Crippen LogP contribution in [0.1, 0.15) is 64.4 Å². The Morgan fingerprint density at radius 1 is 1.09 bits per heavy atom. The van der Waals surface area contributed by atoms with Crippen LogP contribution in [0.25, 0.3) is 6.08 Å². The summed E-state index contributed by atoms with van der Waals surface area (Å²) in [5.74, 6) is -1.87. The summed E-state index contributed by atoms with van der Waals surface area (Å²) >= 11 is 3.48. The Balaban J connectivity index is 1.45. The molecule has 0 unspecified atom stereocenters. The fourth-order valence-electron chi connectivity index (χ4n) is 7.15. The van der Waals surface area contributed by atoms with Crippen molar-refractivity contribution in [1.29, 1.82) is 0 Å². The van der Waals surface area contributed by atoms with Crippen molar-refractivity contribution in [1.82, 2.24) is 0 Å². The lowest BCUT2D eigenvalue weighted by atomic mass is 9.58. The van der Waals surface area contributed by atoms with E-state index in [2.05, 4.69) is 29.8 Å². The summed E-state index contributed by atoms with van der Waals surface area (Å²) < 4.78 is 7.05. The number of hydrogen-bond acceptors (Lipinski definition) is 7. The van der Waals surface area contributed by atoms with Crippen LogP contribution in [0.3, 0.4) is 0 Å². The van der Waals surface area contributed by atoms with E-state index in [1.54, 1.807) is 24.3 Å². The lowest BCUT2D eigenvalue weighted by molar-refractivity contribution is -0.122. The van der Waals surface area contributed by atoms with Crippen molar-refractivity contribution in [2.45, 2.75) is 71.2 Å². The van der Waals surface area contributed by atoms with Crippen molar-refractivity contribution < 1.29 is 34.4 Å². The number of halogens is 1. The maximum Gasteiger partial charge on any atom is 0.488 e. The highest BCUT2D eigenvalue weighted by molar-refractivity contribution is 9.10. The van der Waals surface area contributed by atoms with Gasteiger partial charge in [0.15, 0.2) is 0 Å². The number of hydrogen-bond donors (Lipinski definition) is 4. The molecule has 2 aromatic carbocycles. The number of phenolic OH excluding ortho intramolecular Hbond substituents is 1. The molecule has 0 spiro atoms. The zero-order chi connectivity index (χ0) is 30.8. The second-order valence-corrected chi connectivity index (χ2v) is 12.8. The largest absolute Gasteiger partial charge is 0.507 e. The quantitative estimate of drug-likeness (QED) is 0.168. The Labute approximate surface area is 261 Å². The number of carbonyl (C=O) groups excluding carboxylic acids is 2. The molecule has 0 saturated carbocycles. The molecule has 11 heteroatoms. The number of rotatable bonds is 10. The molecule has 2 amide bonds. The van der Waals surface area contributed by atoms with Gasteiger partial charge < -0.3 is 24.8 Å². The standard InChI is InChI=1S/C32H38B2BrNO7/c1-3-6-19(14-21-15-23(35)11-12-27(21)37)10-13-28-29-20(7-4-2)16-25-30(26(29)18-33(40)43-28)32(39)36(31(25)38)24-9-5-8-22(17-24)34(41)42/h5,8-9,11-12,14-15,17,25-26,28,30,37,40-42H,3-4,6-7,10,13,16,18H2,1-2H3/b19-14+/t25-,26+,28-,30-/m1/s1. The molecule has 0 radical (unpaired) electrons. The fourth-order valence-corrected chi connectivity index (χ4v) is 7.53. The Hall–Kier alpha value is -2.69. The molecule has 2 heterocycles. The summed E-state index contributed by atoms with van der Waals surface area (Å²) in [4.78, 5) is 28.9. The minimum atomic E-state index is -1.72. The van der Waals surface area contributed by atoms with Crippen molar-refractivity contribution in [2.24, 2.45) is 17.8 Å². The average Bonchev–Trinajstić information content (AvgIpc) is 3.22. The smallest absolute Gasteiger partial charge is 0.488 e. The number of aromatic hydroxyl groups is 1. The van der Waals surface area contributed by atoms with Gasteiger partial charge in [0.1, 0.15) is 5.75 Å². The van der Waals surface area contributed by atoms with E-state index in [1.807, 2.05) is 12.1 Å². The molecule has 1 aliphatic carbocycles. The zero-order valence-electron chi connectivity index (χ0n) is 24.6. The third-order valence-electron chi connectivity index (χ3n) is 8.93. The third kappa shape index (κ3) is 6.56. The van der Waals surface area contributed by atoms with Crippen molar-refractivity contribution >= 4 is 59.2 Å². The van der Waals surface area contributed by atoms with Crippen LogP contribution in [0.4, 0.5) is 5.69 Å². The predicted octanol–water partition coefficient (Wildman–Crippen LogP) is 4.60. The van der Waals surface area contributed by atoms with E-state index < -0.39 is 32.2 Å². The number of carbonyl (C=O) groups is 2. The van der Waals surface area contributed by atoms with Crippen LogP contribution in [-0.4, -0.2) is 52.3 Å². The summed E-state index contributed by atoms with van der Waals surface area (Å²) in [6, 6.07) is 11.6. The normalized spacial score (nSPS) is 24.0. The number of imide groups is 1. The van der Waals surface area contributed by atoms with Crippen LogP contribution in [0.2, 0.25) is 6.32 Å². The van der Waals surface area contributed by atoms with Crippen LogP contribution >= 0.6 is 15.9 Å². The molecule has 2 fully saturated rings. The molecule has 5 rings (SSSR count). The molecule has 0 aromatic heterocycles. The Kier molecular flexibility index (Phi) is 9.98. The third-order valence-corrected chi connectivity index (χ3v) is 9.43. The second kappa shape index (κ2) is 13.5. The predicted molar refractivity (Wildman–Crippen MR) is 171 cm³/mol. The number of phenols is 1. The molecule has 8 nitrogen and oxygen atoms in total. The van der Waals surface area contributed by atoms with Crippen molar-refractivity contribution in [3.8, 4) is 5.75 Å². The Bertz CT molecular complexity index is 1440. The first-order valence-electron chi connectivity index (χ1n) is 15.2. The number of amides is 2. The van der Waals surface area contributed by atoms with Gasteiger partial charge in [-0.05, 0) is 85.7 Å². The van der Waals surface area contributed by atoms with Crippen molar-refractivity contribution in [3.63, 3.8) is 0 Å². The van der Waals surface area contributed by atoms with Gasteiger partial charge in [-0.1, -0.05) is 72.0 Å². The topological polar surface area (TPSA) is 128 Å². The van der Waals surface area contributed by atoms with Crippen molar-refractivity contribution in [3.05, 3.63) is 69.2 Å². The minimum absolute atomic E-state index is 0.201. The molecular formula is C32H38B2BrNO7. The van der Waals surface area contributed by atoms with Gasteiger partial charge in [-0.25, -0.2) is 0 Å². The van der Waals surface area contributed by atoms with Crippen molar-refractivity contribution in [2.75, 3.05) is 4.90 Å². The number of benzene rings is 2. The maximum absolute atomic E-state index is 14.0. The highest BCUT2D eigenvalue weighted by Gasteiger charge is 2.57. The van der Waals surface area contributed by atoms with E-state index in [1.165, 1.54) is 17.0 Å². The van der Waals surface area contributed by atoms with Gasteiger partial charge in [-0.15, -0.1) is 0 Å². The Morgan fingerprint density at radius 2 is 1.88 bits per heavy atom. The molecule has 0 bridgehead atoms. The van der Waals surface area contributed by atoms with Crippen LogP contribution in [0, 0.1) is 17.8 Å². The minimum Gasteiger partial charge on any atom is -0.507 e. The number of nitrogens with zero attached hydrogens (tertiary/aromatic N) is 1. The molecule has 226 valence electrons. The van der Waals surface area contributed by atoms with Crippen LogP contribution in [0.5, 0.6) is 5.75 Å². The fraction of sp³-hybridized carbons (Fsp3) is 0.438. The average molecular weight is 650 g/mol. The van der Waals surface area contributed by atoms with Gasteiger partial charge >= 0.3 is 14.2 Å². The first kappa shape index (κ1) is 31.7. The molecule has 2 saturated heterocycles. The number of allylic oxidation sites excluding steroid dienone is 2. The number of fused-ring (bicyclic) bond motifs is 3. The summed E-state index contributed by atoms with van der Waals surface area (Å²) in [5.41, 5.74) is 4.61. The summed E-state index contributed by atoms with van der Waals surface area (Å²) in [5, 5.41) is 40.6. The van der Waals surface area contributed by atoms with Gasteiger partial charge in [-0.2, -0.15) is 0 Å². The zero-order valence-corrected chi connectivity index (χ0v) is 26.2. The van der Waals surface area contributed by atoms with Gasteiger partial charge in [0.2, 0.25) is 11.8 Å². The van der Waals surface area contributed by atoms with E-state index >= 15 is 0 Å². The molecule has 4 N–H and O–H groups in total. The molecule has 3 aliphatic rings. The van der Waals surface area contributed by atoms with E-state index in [4.69, 9.17) is 4.65 Å². The lowest BCUT2D eigenvalue weighted by Crippen LogP contribution is -2.46. The molecule has 2 aromatic rings. The molecular weight excluding hydrogens is 612 g/mol. The number of anilines is 1. The van der Waals surface area contributed by atoms with E-state index in [-0.39, 0.29) is 35.3 Å². The van der Waals surface area contributed by atoms with E-state index in [0.717, 1.165) is 52.4 Å². The summed E-state index contributed by atoms with van der Waals surface area (Å²) in [7, 11) is -2.78. The monoisotopic (exact) mass is 649 g/mol.